The molecule has 0 bridgehead atoms. The first-order chi connectivity index (χ1) is 8.15. The molecule has 1 atom stereocenters. The third kappa shape index (κ3) is 2.18. The summed E-state index contributed by atoms with van der Waals surface area (Å²) in [7, 11) is 1.62. The molecule has 0 aliphatic carbocycles. The Balaban J connectivity index is 2.74. The number of carbonyl (C=O) groups is 1. The Morgan fingerprint density at radius 1 is 1.24 bits per heavy atom. The van der Waals surface area contributed by atoms with Gasteiger partial charge in [-0.25, -0.2) is 0 Å². The van der Waals surface area contributed by atoms with Gasteiger partial charge in [-0.15, -0.1) is 0 Å². The average Bonchev–Trinajstić information content (AvgIpc) is 2.36. The zero-order chi connectivity index (χ0) is 12.4. The molecule has 17 heavy (non-hydrogen) atoms. The van der Waals surface area contributed by atoms with Crippen molar-refractivity contribution >= 4 is 32.6 Å². The second kappa shape index (κ2) is 4.85. The predicted molar refractivity (Wildman–Crippen MR) is 71.1 cm³/mol. The number of rotatable bonds is 3. The van der Waals surface area contributed by atoms with Crippen LogP contribution >= 0.6 is 15.9 Å². The van der Waals surface area contributed by atoms with Crippen LogP contribution in [0, 0.1) is 0 Å². The molecule has 0 heterocycles. The minimum Gasteiger partial charge on any atom is -0.366 e. The maximum Gasteiger partial charge on any atom is 0.249 e. The number of alkyl halides is 1. The van der Waals surface area contributed by atoms with E-state index in [1.807, 2.05) is 30.3 Å². The van der Waals surface area contributed by atoms with Gasteiger partial charge in [0, 0.05) is 12.7 Å². The normalized spacial score (nSPS) is 12.6. The lowest BCUT2D eigenvalue weighted by Gasteiger charge is -2.12. The number of hydrogen-bond acceptors (Lipinski definition) is 2. The number of fused-ring (bicyclic) bond motifs is 1. The van der Waals surface area contributed by atoms with E-state index in [-0.39, 0.29) is 5.01 Å². The van der Waals surface area contributed by atoms with Gasteiger partial charge in [0.25, 0.3) is 0 Å². The molecule has 0 spiro atoms. The van der Waals surface area contributed by atoms with Crippen LogP contribution in [0.25, 0.3) is 10.8 Å². The Kier molecular flexibility index (Phi) is 3.45. The molecular formula is C13H12BrNO2. The number of ether oxygens (including phenoxy) is 1. The molecule has 0 aromatic heterocycles. The summed E-state index contributed by atoms with van der Waals surface area (Å²) in [5.74, 6) is -0.420. The van der Waals surface area contributed by atoms with Crippen molar-refractivity contribution in [1.29, 1.82) is 0 Å². The molecule has 3 nitrogen and oxygen atoms in total. The number of nitrogens with two attached hydrogens (primary N) is 1. The van der Waals surface area contributed by atoms with Crippen molar-refractivity contribution in [3.8, 4) is 0 Å². The summed E-state index contributed by atoms with van der Waals surface area (Å²) in [6, 6.07) is 11.2. The second-order valence-corrected chi connectivity index (χ2v) is 4.50. The van der Waals surface area contributed by atoms with Crippen LogP contribution in [0.2, 0.25) is 0 Å². The Morgan fingerprint density at radius 3 is 2.53 bits per heavy atom. The van der Waals surface area contributed by atoms with Gasteiger partial charge >= 0.3 is 0 Å². The Hall–Kier alpha value is -1.39. The van der Waals surface area contributed by atoms with E-state index >= 15 is 0 Å². The Labute approximate surface area is 108 Å². The van der Waals surface area contributed by atoms with E-state index in [9.17, 15) is 4.79 Å². The summed E-state index contributed by atoms with van der Waals surface area (Å²) < 4.78 is 5.25. The van der Waals surface area contributed by atoms with Gasteiger partial charge in [-0.05, 0) is 22.4 Å². The number of methoxy groups -OCH3 is 1. The van der Waals surface area contributed by atoms with E-state index in [0.29, 0.717) is 5.56 Å². The lowest BCUT2D eigenvalue weighted by molar-refractivity contribution is 0.100. The van der Waals surface area contributed by atoms with Crippen molar-refractivity contribution in [2.75, 3.05) is 7.11 Å². The molecule has 4 heteroatoms. The van der Waals surface area contributed by atoms with Crippen LogP contribution in [-0.2, 0) is 4.74 Å². The molecule has 0 radical (unpaired) electrons. The molecule has 0 saturated carbocycles. The van der Waals surface area contributed by atoms with Crippen molar-refractivity contribution in [2.45, 2.75) is 5.01 Å². The molecule has 88 valence electrons. The quantitative estimate of drug-likeness (QED) is 0.885. The van der Waals surface area contributed by atoms with Crippen molar-refractivity contribution < 1.29 is 9.53 Å². The van der Waals surface area contributed by atoms with Crippen LogP contribution in [0.15, 0.2) is 36.4 Å². The van der Waals surface area contributed by atoms with Crippen molar-refractivity contribution in [1.82, 2.24) is 0 Å². The summed E-state index contributed by atoms with van der Waals surface area (Å²) in [5.41, 5.74) is 6.86. The molecule has 0 aliphatic rings. The van der Waals surface area contributed by atoms with E-state index in [1.54, 1.807) is 13.2 Å². The fourth-order valence-electron chi connectivity index (χ4n) is 1.87. The van der Waals surface area contributed by atoms with Gasteiger partial charge < -0.3 is 10.5 Å². The van der Waals surface area contributed by atoms with Crippen molar-refractivity contribution in [2.24, 2.45) is 5.73 Å². The van der Waals surface area contributed by atoms with Crippen LogP contribution in [0.5, 0.6) is 0 Å². The first-order valence-electron chi connectivity index (χ1n) is 5.13. The van der Waals surface area contributed by atoms with Gasteiger partial charge in [-0.1, -0.05) is 46.3 Å². The molecule has 0 fully saturated rings. The average molecular weight is 294 g/mol. The molecule has 2 aromatic rings. The summed E-state index contributed by atoms with van der Waals surface area (Å²) >= 11 is 3.43. The molecule has 0 aliphatic heterocycles. The number of halogens is 1. The highest BCUT2D eigenvalue weighted by Gasteiger charge is 2.12. The first-order valence-corrected chi connectivity index (χ1v) is 6.05. The predicted octanol–water partition coefficient (Wildman–Crippen LogP) is 2.98. The number of hydrogen-bond donors (Lipinski definition) is 1. The van der Waals surface area contributed by atoms with Gasteiger partial charge in [0.15, 0.2) is 0 Å². The minimum atomic E-state index is -0.420. The third-order valence-electron chi connectivity index (χ3n) is 2.67. The minimum absolute atomic E-state index is 0.200. The second-order valence-electron chi connectivity index (χ2n) is 3.66. The smallest absolute Gasteiger partial charge is 0.249 e. The summed E-state index contributed by atoms with van der Waals surface area (Å²) in [6.45, 7) is 0. The first kappa shape index (κ1) is 12.1. The molecule has 1 unspecified atom stereocenters. The van der Waals surface area contributed by atoms with Gasteiger partial charge in [-0.2, -0.15) is 0 Å². The third-order valence-corrected chi connectivity index (χ3v) is 3.54. The molecule has 2 N–H and O–H groups in total. The lowest BCUT2D eigenvalue weighted by Crippen LogP contribution is -2.11. The zero-order valence-electron chi connectivity index (χ0n) is 9.31. The van der Waals surface area contributed by atoms with Crippen LogP contribution in [0.3, 0.4) is 0 Å². The van der Waals surface area contributed by atoms with Crippen molar-refractivity contribution in [3.63, 3.8) is 0 Å². The fraction of sp³-hybridized carbons (Fsp3) is 0.154. The van der Waals surface area contributed by atoms with Gasteiger partial charge in [0.1, 0.15) is 5.01 Å². The van der Waals surface area contributed by atoms with E-state index in [2.05, 4.69) is 15.9 Å². The van der Waals surface area contributed by atoms with Gasteiger partial charge in [0.05, 0.1) is 0 Å². The fourth-order valence-corrected chi connectivity index (χ4v) is 2.27. The standard InChI is InChI=1S/C13H12BrNO2/c1-17-12(14)10-6-2-5-9-8(10)4-3-7-11(9)13(15)16/h2-7,12H,1H3,(H2,15,16). The SMILES string of the molecule is COC(Br)c1cccc2c(C(N)=O)cccc12. The molecular weight excluding hydrogens is 282 g/mol. The maximum atomic E-state index is 11.3. The number of benzene rings is 2. The highest BCUT2D eigenvalue weighted by molar-refractivity contribution is 9.09. The van der Waals surface area contributed by atoms with E-state index < -0.39 is 5.91 Å². The molecule has 2 aromatic carbocycles. The molecule has 1 amide bonds. The number of primary amides is 1. The van der Waals surface area contributed by atoms with E-state index in [1.165, 1.54) is 0 Å². The maximum absolute atomic E-state index is 11.3. The Morgan fingerprint density at radius 2 is 1.88 bits per heavy atom. The number of carbonyl (C=O) groups excluding carboxylic acids is 1. The van der Waals surface area contributed by atoms with Crippen LogP contribution in [0.4, 0.5) is 0 Å². The summed E-state index contributed by atoms with van der Waals surface area (Å²) in [6.07, 6.45) is 0. The van der Waals surface area contributed by atoms with E-state index in [0.717, 1.165) is 16.3 Å². The van der Waals surface area contributed by atoms with Crippen molar-refractivity contribution in [3.05, 3.63) is 47.5 Å². The van der Waals surface area contributed by atoms with Gasteiger partial charge in [-0.3, -0.25) is 4.79 Å². The summed E-state index contributed by atoms with van der Waals surface area (Å²) in [5, 5.41) is 1.61. The van der Waals surface area contributed by atoms with Crippen LogP contribution < -0.4 is 5.73 Å². The Bertz CT molecular complexity index is 568. The van der Waals surface area contributed by atoms with E-state index in [4.69, 9.17) is 10.5 Å². The van der Waals surface area contributed by atoms with Gasteiger partial charge in [0.2, 0.25) is 5.91 Å². The molecule has 0 saturated heterocycles. The van der Waals surface area contributed by atoms with Crippen LogP contribution in [-0.4, -0.2) is 13.0 Å². The highest BCUT2D eigenvalue weighted by atomic mass is 79.9. The largest absolute Gasteiger partial charge is 0.366 e. The topological polar surface area (TPSA) is 52.3 Å². The van der Waals surface area contributed by atoms with Crippen LogP contribution in [0.1, 0.15) is 20.9 Å². The number of amides is 1. The molecule has 2 rings (SSSR count). The monoisotopic (exact) mass is 293 g/mol. The lowest BCUT2D eigenvalue weighted by atomic mass is 10.00. The zero-order valence-corrected chi connectivity index (χ0v) is 10.9. The summed E-state index contributed by atoms with van der Waals surface area (Å²) in [4.78, 5) is 11.3. The highest BCUT2D eigenvalue weighted by Crippen LogP contribution is 2.31.